The first kappa shape index (κ1) is 16.5. The van der Waals surface area contributed by atoms with Crippen LogP contribution in [0.5, 0.6) is 0 Å². The van der Waals surface area contributed by atoms with Gasteiger partial charge < -0.3 is 10.2 Å². The average Bonchev–Trinajstić information content (AvgIpc) is 2.55. The molecule has 0 aromatic carbocycles. The minimum Gasteiger partial charge on any atom is -0.356 e. The van der Waals surface area contributed by atoms with Gasteiger partial charge in [-0.3, -0.25) is 4.79 Å². The Morgan fingerprint density at radius 2 is 2.09 bits per heavy atom. The highest BCUT2D eigenvalue weighted by atomic mass is 16.1. The zero-order valence-electron chi connectivity index (χ0n) is 13.8. The number of nitrogens with one attached hydrogen (secondary N) is 1. The van der Waals surface area contributed by atoms with Crippen LogP contribution in [-0.4, -0.2) is 35.0 Å². The van der Waals surface area contributed by atoms with Crippen LogP contribution in [0.4, 0.5) is 5.82 Å². The van der Waals surface area contributed by atoms with Gasteiger partial charge in [-0.15, -0.1) is 0 Å². The van der Waals surface area contributed by atoms with Crippen molar-refractivity contribution < 1.29 is 4.79 Å². The molecule has 2 rings (SSSR count). The summed E-state index contributed by atoms with van der Waals surface area (Å²) in [5.74, 6) is 1.06. The molecule has 0 unspecified atom stereocenters. The Hall–Kier alpha value is -1.91. The number of nitrogens with zero attached hydrogens (tertiary/aromatic N) is 3. The van der Waals surface area contributed by atoms with Crippen LogP contribution in [0.25, 0.3) is 0 Å². The van der Waals surface area contributed by atoms with Gasteiger partial charge in [-0.05, 0) is 32.6 Å². The van der Waals surface area contributed by atoms with E-state index in [1.807, 2.05) is 19.9 Å². The monoisotopic (exact) mass is 302 g/mol. The van der Waals surface area contributed by atoms with E-state index in [1.165, 1.54) is 0 Å². The summed E-state index contributed by atoms with van der Waals surface area (Å²) in [4.78, 5) is 22.9. The molecular weight excluding hydrogens is 276 g/mol. The quantitative estimate of drug-likeness (QED) is 0.849. The van der Waals surface area contributed by atoms with Crippen LogP contribution >= 0.6 is 0 Å². The summed E-state index contributed by atoms with van der Waals surface area (Å²) >= 11 is 0. The van der Waals surface area contributed by atoms with Crippen molar-refractivity contribution in [3.05, 3.63) is 29.7 Å². The molecule has 1 aliphatic rings. The lowest BCUT2D eigenvalue weighted by molar-refractivity contribution is -0.118. The zero-order valence-corrected chi connectivity index (χ0v) is 13.8. The van der Waals surface area contributed by atoms with Crippen LogP contribution < -0.4 is 10.2 Å². The van der Waals surface area contributed by atoms with E-state index in [0.717, 1.165) is 55.9 Å². The Morgan fingerprint density at radius 3 is 2.73 bits per heavy atom. The topological polar surface area (TPSA) is 58.1 Å². The van der Waals surface area contributed by atoms with E-state index in [-0.39, 0.29) is 11.9 Å². The van der Waals surface area contributed by atoms with Gasteiger partial charge in [0.25, 0.3) is 0 Å². The molecule has 2 heterocycles. The normalized spacial score (nSPS) is 16.7. The molecule has 1 aromatic heterocycles. The van der Waals surface area contributed by atoms with Crippen molar-refractivity contribution in [2.24, 2.45) is 0 Å². The predicted octanol–water partition coefficient (Wildman–Crippen LogP) is 2.48. The van der Waals surface area contributed by atoms with Gasteiger partial charge in [0.2, 0.25) is 5.91 Å². The number of aryl methyl sites for hydroxylation is 1. The number of amides is 1. The Kier molecular flexibility index (Phi) is 5.92. The fraction of sp³-hybridized carbons (Fsp3) is 0.588. The molecule has 0 radical (unpaired) electrons. The molecule has 1 aliphatic heterocycles. The molecular formula is C17H26N4O. The molecule has 0 bridgehead atoms. The van der Waals surface area contributed by atoms with E-state index in [2.05, 4.69) is 33.2 Å². The maximum atomic E-state index is 12.0. The Morgan fingerprint density at radius 1 is 1.36 bits per heavy atom. The highest BCUT2D eigenvalue weighted by Gasteiger charge is 2.22. The number of piperidine rings is 1. The number of rotatable bonds is 5. The van der Waals surface area contributed by atoms with Crippen LogP contribution in [0, 0.1) is 0 Å². The third-order valence-electron chi connectivity index (χ3n) is 4.09. The van der Waals surface area contributed by atoms with Crippen LogP contribution in [0.1, 0.15) is 45.7 Å². The van der Waals surface area contributed by atoms with Gasteiger partial charge in [0.15, 0.2) is 0 Å². The molecule has 5 nitrogen and oxygen atoms in total. The number of carbonyl (C=O) groups excluding carboxylic acids is 1. The highest BCUT2D eigenvalue weighted by Crippen LogP contribution is 2.18. The van der Waals surface area contributed by atoms with E-state index in [1.54, 1.807) is 6.33 Å². The maximum Gasteiger partial charge on any atom is 0.246 e. The summed E-state index contributed by atoms with van der Waals surface area (Å²) in [6.07, 6.45) is 7.34. The molecule has 0 aliphatic carbocycles. The smallest absolute Gasteiger partial charge is 0.246 e. The van der Waals surface area contributed by atoms with E-state index in [0.29, 0.717) is 0 Å². The van der Waals surface area contributed by atoms with Crippen molar-refractivity contribution in [2.75, 3.05) is 18.0 Å². The first-order chi connectivity index (χ1) is 10.6. The van der Waals surface area contributed by atoms with E-state index >= 15 is 0 Å². The molecule has 22 heavy (non-hydrogen) atoms. The lowest BCUT2D eigenvalue weighted by atomic mass is 10.0. The van der Waals surface area contributed by atoms with Crippen molar-refractivity contribution in [2.45, 2.75) is 52.5 Å². The van der Waals surface area contributed by atoms with Crippen LogP contribution in [0.15, 0.2) is 24.0 Å². The summed E-state index contributed by atoms with van der Waals surface area (Å²) < 4.78 is 0. The molecule has 0 saturated carbocycles. The number of carbonyl (C=O) groups is 1. The van der Waals surface area contributed by atoms with Gasteiger partial charge in [-0.1, -0.05) is 19.9 Å². The molecule has 120 valence electrons. The summed E-state index contributed by atoms with van der Waals surface area (Å²) in [5.41, 5.74) is 1.88. The summed E-state index contributed by atoms with van der Waals surface area (Å²) in [5, 5.41) is 3.13. The second-order valence-electron chi connectivity index (χ2n) is 5.75. The molecule has 1 N–H and O–H groups in total. The number of hydrogen-bond donors (Lipinski definition) is 1. The molecule has 1 amide bonds. The summed E-state index contributed by atoms with van der Waals surface area (Å²) in [6, 6.07) is 2.32. The lowest BCUT2D eigenvalue weighted by Crippen LogP contribution is -2.45. The van der Waals surface area contributed by atoms with Crippen molar-refractivity contribution >= 4 is 11.7 Å². The predicted molar refractivity (Wildman–Crippen MR) is 88.8 cm³/mol. The van der Waals surface area contributed by atoms with E-state index < -0.39 is 0 Å². The third kappa shape index (κ3) is 4.29. The molecule has 1 saturated heterocycles. The van der Waals surface area contributed by atoms with Gasteiger partial charge in [-0.2, -0.15) is 0 Å². The first-order valence-electron chi connectivity index (χ1n) is 8.17. The Labute approximate surface area is 132 Å². The van der Waals surface area contributed by atoms with Crippen LogP contribution in [0.3, 0.4) is 0 Å². The number of allylic oxidation sites excluding steroid dienone is 1. The van der Waals surface area contributed by atoms with Gasteiger partial charge >= 0.3 is 0 Å². The SMILES string of the molecule is CC/C=C(/C)C(=O)NC1CCN(c2cc(CC)ncn2)CC1. The zero-order chi connectivity index (χ0) is 15.9. The Balaban J connectivity index is 1.87. The van der Waals surface area contributed by atoms with Crippen LogP contribution in [-0.2, 0) is 11.2 Å². The van der Waals surface area contributed by atoms with Crippen molar-refractivity contribution in [3.8, 4) is 0 Å². The summed E-state index contributed by atoms with van der Waals surface area (Å²) in [6.45, 7) is 7.85. The number of anilines is 1. The minimum atomic E-state index is 0.0654. The number of hydrogen-bond acceptors (Lipinski definition) is 4. The second kappa shape index (κ2) is 7.92. The standard InChI is InChI=1S/C17H26N4O/c1-4-6-13(3)17(22)20-15-7-9-21(10-8-15)16-11-14(5-2)18-12-19-16/h6,11-12,15H,4-5,7-10H2,1-3H3,(H,20,22)/b13-6-. The van der Waals surface area contributed by atoms with Crippen molar-refractivity contribution in [1.29, 1.82) is 0 Å². The fourth-order valence-corrected chi connectivity index (χ4v) is 2.70. The van der Waals surface area contributed by atoms with E-state index in [9.17, 15) is 4.79 Å². The Bertz CT molecular complexity index is 533. The first-order valence-corrected chi connectivity index (χ1v) is 8.17. The van der Waals surface area contributed by atoms with Crippen LogP contribution in [0.2, 0.25) is 0 Å². The van der Waals surface area contributed by atoms with Gasteiger partial charge in [0.05, 0.1) is 0 Å². The molecule has 1 fully saturated rings. The highest BCUT2D eigenvalue weighted by molar-refractivity contribution is 5.92. The fourth-order valence-electron chi connectivity index (χ4n) is 2.70. The van der Waals surface area contributed by atoms with E-state index in [4.69, 9.17) is 0 Å². The molecule has 1 aromatic rings. The van der Waals surface area contributed by atoms with Crippen molar-refractivity contribution in [1.82, 2.24) is 15.3 Å². The van der Waals surface area contributed by atoms with Gasteiger partial charge in [-0.25, -0.2) is 9.97 Å². The molecule has 0 spiro atoms. The maximum absolute atomic E-state index is 12.0. The van der Waals surface area contributed by atoms with Gasteiger partial charge in [0.1, 0.15) is 12.1 Å². The summed E-state index contributed by atoms with van der Waals surface area (Å²) in [7, 11) is 0. The minimum absolute atomic E-state index is 0.0654. The van der Waals surface area contributed by atoms with Crippen molar-refractivity contribution in [3.63, 3.8) is 0 Å². The second-order valence-corrected chi connectivity index (χ2v) is 5.75. The largest absolute Gasteiger partial charge is 0.356 e. The van der Waals surface area contributed by atoms with Gasteiger partial charge in [0, 0.05) is 36.5 Å². The molecule has 5 heteroatoms. The lowest BCUT2D eigenvalue weighted by Gasteiger charge is -2.33. The average molecular weight is 302 g/mol. The third-order valence-corrected chi connectivity index (χ3v) is 4.09. The molecule has 0 atom stereocenters. The number of aromatic nitrogens is 2.